The molecule has 1 unspecified atom stereocenters. The van der Waals surface area contributed by atoms with Crippen LogP contribution in [0.25, 0.3) is 10.2 Å². The first kappa shape index (κ1) is 20.4. The summed E-state index contributed by atoms with van der Waals surface area (Å²) in [4.78, 5) is 43.7. The number of fused-ring (bicyclic) bond motifs is 1. The van der Waals surface area contributed by atoms with Gasteiger partial charge >= 0.3 is 0 Å². The number of hydrogen-bond acceptors (Lipinski definition) is 6. The van der Waals surface area contributed by atoms with Gasteiger partial charge in [0.2, 0.25) is 17.7 Å². The normalized spacial score (nSPS) is 16.1. The van der Waals surface area contributed by atoms with E-state index in [9.17, 15) is 14.4 Å². The van der Waals surface area contributed by atoms with Gasteiger partial charge in [-0.1, -0.05) is 17.4 Å². The molecule has 2 aromatic carbocycles. The predicted molar refractivity (Wildman–Crippen MR) is 121 cm³/mol. The van der Waals surface area contributed by atoms with Crippen LogP contribution in [0.4, 0.5) is 16.5 Å². The molecule has 4 rings (SSSR count). The van der Waals surface area contributed by atoms with Crippen LogP contribution in [-0.2, 0) is 14.4 Å². The lowest BCUT2D eigenvalue weighted by Crippen LogP contribution is -2.28. The molecule has 1 fully saturated rings. The van der Waals surface area contributed by atoms with E-state index in [1.165, 1.54) is 18.3 Å². The zero-order valence-corrected chi connectivity index (χ0v) is 18.1. The number of thiazole rings is 1. The summed E-state index contributed by atoms with van der Waals surface area (Å²) in [5.74, 6) is -0.853. The van der Waals surface area contributed by atoms with Crippen molar-refractivity contribution in [2.75, 3.05) is 28.3 Å². The van der Waals surface area contributed by atoms with Gasteiger partial charge in [0.15, 0.2) is 5.13 Å². The number of hydrogen-bond donors (Lipinski definition) is 2. The van der Waals surface area contributed by atoms with Crippen molar-refractivity contribution in [1.29, 1.82) is 0 Å². The fraction of sp³-hybridized carbons (Fsp3) is 0.238. The number of amides is 3. The number of thioether (sulfide) groups is 1. The lowest BCUT2D eigenvalue weighted by atomic mass is 10.1. The minimum absolute atomic E-state index is 0.0577. The quantitative estimate of drug-likeness (QED) is 0.586. The van der Waals surface area contributed by atoms with Gasteiger partial charge in [0, 0.05) is 36.2 Å². The minimum Gasteiger partial charge on any atom is -0.326 e. The van der Waals surface area contributed by atoms with Crippen LogP contribution in [0.5, 0.6) is 0 Å². The van der Waals surface area contributed by atoms with Crippen LogP contribution in [0.15, 0.2) is 47.4 Å². The smallest absolute Gasteiger partial charge is 0.231 e. The molecule has 2 N–H and O–H groups in total. The van der Waals surface area contributed by atoms with Gasteiger partial charge in [-0.2, -0.15) is 0 Å². The van der Waals surface area contributed by atoms with E-state index in [1.807, 2.05) is 36.6 Å². The molecule has 2 heterocycles. The lowest BCUT2D eigenvalue weighted by molar-refractivity contribution is -0.122. The Morgan fingerprint density at radius 2 is 2.03 bits per heavy atom. The number of nitrogens with zero attached hydrogens (tertiary/aromatic N) is 2. The van der Waals surface area contributed by atoms with Crippen LogP contribution < -0.4 is 15.5 Å². The second-order valence-corrected chi connectivity index (χ2v) is 8.89. The van der Waals surface area contributed by atoms with Crippen LogP contribution in [0, 0.1) is 5.92 Å². The zero-order chi connectivity index (χ0) is 21.3. The van der Waals surface area contributed by atoms with Crippen LogP contribution in [0.1, 0.15) is 13.3 Å². The molecule has 1 aromatic heterocycles. The molecular weight excluding hydrogens is 420 g/mol. The molecule has 0 spiro atoms. The Bertz CT molecular complexity index is 1140. The Morgan fingerprint density at radius 3 is 2.80 bits per heavy atom. The van der Waals surface area contributed by atoms with Gasteiger partial charge in [0.05, 0.1) is 16.1 Å². The van der Waals surface area contributed by atoms with Crippen molar-refractivity contribution in [2.24, 2.45) is 5.92 Å². The van der Waals surface area contributed by atoms with E-state index in [-0.39, 0.29) is 24.1 Å². The van der Waals surface area contributed by atoms with Crippen molar-refractivity contribution < 1.29 is 14.4 Å². The van der Waals surface area contributed by atoms with E-state index in [1.54, 1.807) is 28.8 Å². The Hall–Kier alpha value is -2.91. The second kappa shape index (κ2) is 8.45. The molecular formula is C21H20N4O3S2. The Labute approximate surface area is 181 Å². The summed E-state index contributed by atoms with van der Waals surface area (Å²) in [5, 5.41) is 6.06. The van der Waals surface area contributed by atoms with Gasteiger partial charge < -0.3 is 15.5 Å². The topological polar surface area (TPSA) is 91.4 Å². The number of aromatic nitrogens is 1. The SMILES string of the molecule is CSc1cccc(N2CC(C(=O)Nc3nc4ccc(NC(C)=O)cc4s3)CC2=O)c1. The highest BCUT2D eigenvalue weighted by Gasteiger charge is 2.35. The number of rotatable bonds is 5. The van der Waals surface area contributed by atoms with Gasteiger partial charge in [-0.3, -0.25) is 14.4 Å². The first-order valence-corrected chi connectivity index (χ1v) is 11.4. The fourth-order valence-electron chi connectivity index (χ4n) is 3.38. The van der Waals surface area contributed by atoms with E-state index in [0.29, 0.717) is 17.4 Å². The molecule has 1 atom stereocenters. The standard InChI is InChI=1S/C21H20N4O3S2/c1-12(26)22-14-6-7-17-18(9-14)30-21(23-17)24-20(28)13-8-19(27)25(11-13)15-4-3-5-16(10-15)29-2/h3-7,9-10,13H,8,11H2,1-2H3,(H,22,26)(H,23,24,28). The predicted octanol–water partition coefficient (Wildman–Crippen LogP) is 3.97. The summed E-state index contributed by atoms with van der Waals surface area (Å²) in [6.07, 6.45) is 2.16. The van der Waals surface area contributed by atoms with Gasteiger partial charge in [-0.05, 0) is 42.7 Å². The average Bonchev–Trinajstić information content (AvgIpc) is 3.30. The Balaban J connectivity index is 1.46. The first-order chi connectivity index (χ1) is 14.4. The summed E-state index contributed by atoms with van der Waals surface area (Å²) in [6.45, 7) is 1.80. The van der Waals surface area contributed by atoms with E-state index in [2.05, 4.69) is 15.6 Å². The fourth-order valence-corrected chi connectivity index (χ4v) is 4.74. The molecule has 0 saturated carbocycles. The summed E-state index contributed by atoms with van der Waals surface area (Å²) >= 11 is 2.94. The highest BCUT2D eigenvalue weighted by atomic mass is 32.2. The largest absolute Gasteiger partial charge is 0.326 e. The van der Waals surface area contributed by atoms with Crippen molar-refractivity contribution in [1.82, 2.24) is 4.98 Å². The molecule has 30 heavy (non-hydrogen) atoms. The van der Waals surface area contributed by atoms with E-state index in [4.69, 9.17) is 0 Å². The summed E-state index contributed by atoms with van der Waals surface area (Å²) in [7, 11) is 0. The van der Waals surface area contributed by atoms with Crippen LogP contribution in [0.2, 0.25) is 0 Å². The third kappa shape index (κ3) is 4.31. The molecule has 1 aliphatic rings. The van der Waals surface area contributed by atoms with Gasteiger partial charge in [-0.25, -0.2) is 4.98 Å². The zero-order valence-electron chi connectivity index (χ0n) is 16.5. The highest BCUT2D eigenvalue weighted by Crippen LogP contribution is 2.31. The average molecular weight is 441 g/mol. The van der Waals surface area contributed by atoms with Crippen molar-refractivity contribution in [3.05, 3.63) is 42.5 Å². The second-order valence-electron chi connectivity index (χ2n) is 6.98. The maximum absolute atomic E-state index is 12.8. The summed E-state index contributed by atoms with van der Waals surface area (Å²) < 4.78 is 0.856. The van der Waals surface area contributed by atoms with Crippen molar-refractivity contribution in [3.63, 3.8) is 0 Å². The summed E-state index contributed by atoms with van der Waals surface area (Å²) in [6, 6.07) is 13.1. The van der Waals surface area contributed by atoms with E-state index >= 15 is 0 Å². The molecule has 9 heteroatoms. The van der Waals surface area contributed by atoms with Gasteiger partial charge in [0.1, 0.15) is 0 Å². The number of nitrogens with one attached hydrogen (secondary N) is 2. The molecule has 0 radical (unpaired) electrons. The number of anilines is 3. The minimum atomic E-state index is -0.433. The Morgan fingerprint density at radius 1 is 1.20 bits per heavy atom. The molecule has 1 aliphatic heterocycles. The first-order valence-electron chi connectivity index (χ1n) is 9.36. The van der Waals surface area contributed by atoms with Crippen LogP contribution in [-0.4, -0.2) is 35.5 Å². The molecule has 154 valence electrons. The van der Waals surface area contributed by atoms with Gasteiger partial charge in [-0.15, -0.1) is 11.8 Å². The molecule has 3 aromatic rings. The molecule has 0 aliphatic carbocycles. The monoisotopic (exact) mass is 440 g/mol. The number of benzene rings is 2. The molecule has 7 nitrogen and oxygen atoms in total. The number of carbonyl (C=O) groups excluding carboxylic acids is 3. The maximum Gasteiger partial charge on any atom is 0.231 e. The molecule has 3 amide bonds. The third-order valence-electron chi connectivity index (χ3n) is 4.80. The van der Waals surface area contributed by atoms with Crippen molar-refractivity contribution >= 4 is 67.5 Å². The van der Waals surface area contributed by atoms with Gasteiger partial charge in [0.25, 0.3) is 0 Å². The Kier molecular flexibility index (Phi) is 5.74. The van der Waals surface area contributed by atoms with E-state index < -0.39 is 5.92 Å². The van der Waals surface area contributed by atoms with Crippen LogP contribution >= 0.6 is 23.1 Å². The summed E-state index contributed by atoms with van der Waals surface area (Å²) in [5.41, 5.74) is 2.23. The van der Waals surface area contributed by atoms with Crippen molar-refractivity contribution in [2.45, 2.75) is 18.2 Å². The number of carbonyl (C=O) groups is 3. The van der Waals surface area contributed by atoms with Crippen LogP contribution in [0.3, 0.4) is 0 Å². The van der Waals surface area contributed by atoms with E-state index in [0.717, 1.165) is 20.8 Å². The molecule has 0 bridgehead atoms. The third-order valence-corrected chi connectivity index (χ3v) is 6.46. The highest BCUT2D eigenvalue weighted by molar-refractivity contribution is 7.98. The molecule has 1 saturated heterocycles. The van der Waals surface area contributed by atoms with Crippen molar-refractivity contribution in [3.8, 4) is 0 Å². The lowest BCUT2D eigenvalue weighted by Gasteiger charge is -2.17. The maximum atomic E-state index is 12.8.